The molecule has 0 aromatic carbocycles. The van der Waals surface area contributed by atoms with Gasteiger partial charge < -0.3 is 4.74 Å². The summed E-state index contributed by atoms with van der Waals surface area (Å²) in [4.78, 5) is 11.7. The second-order valence-electron chi connectivity index (χ2n) is 5.19. The lowest BCUT2D eigenvalue weighted by molar-refractivity contribution is -0.127. The van der Waals surface area contributed by atoms with E-state index in [0.29, 0.717) is 5.78 Å². The van der Waals surface area contributed by atoms with Crippen LogP contribution < -0.4 is 0 Å². The first kappa shape index (κ1) is 14.7. The normalized spacial score (nSPS) is 19.7. The van der Waals surface area contributed by atoms with Gasteiger partial charge in [-0.15, -0.1) is 0 Å². The Bertz CT molecular complexity index is 195. The number of hydrogen-bond donors (Lipinski definition) is 0. The van der Waals surface area contributed by atoms with Crippen LogP contribution in [-0.2, 0) is 9.53 Å². The fourth-order valence-electron chi connectivity index (χ4n) is 2.43. The zero-order valence-corrected chi connectivity index (χ0v) is 11.4. The van der Waals surface area contributed by atoms with Crippen molar-refractivity contribution in [2.45, 2.75) is 83.7 Å². The van der Waals surface area contributed by atoms with Gasteiger partial charge in [-0.25, -0.2) is 0 Å². The van der Waals surface area contributed by atoms with Crippen molar-refractivity contribution in [1.29, 1.82) is 0 Å². The van der Waals surface area contributed by atoms with Gasteiger partial charge in [0.05, 0.1) is 0 Å². The summed E-state index contributed by atoms with van der Waals surface area (Å²) in [5.74, 6) is 0.341. The van der Waals surface area contributed by atoms with Crippen molar-refractivity contribution in [2.75, 3.05) is 6.61 Å². The molecule has 1 heterocycles. The zero-order chi connectivity index (χ0) is 12.3. The lowest BCUT2D eigenvalue weighted by atomic mass is 10.0. The second kappa shape index (κ2) is 9.64. The molecule has 0 bridgehead atoms. The molecule has 1 rings (SSSR count). The monoisotopic (exact) mass is 240 g/mol. The summed E-state index contributed by atoms with van der Waals surface area (Å²) >= 11 is 0. The molecule has 0 spiro atoms. The van der Waals surface area contributed by atoms with Crippen LogP contribution in [0.5, 0.6) is 0 Å². The van der Waals surface area contributed by atoms with Crippen LogP contribution in [0.25, 0.3) is 0 Å². The summed E-state index contributed by atoms with van der Waals surface area (Å²) in [7, 11) is 0. The second-order valence-corrected chi connectivity index (χ2v) is 5.19. The average molecular weight is 240 g/mol. The Morgan fingerprint density at radius 2 is 1.71 bits per heavy atom. The van der Waals surface area contributed by atoms with Gasteiger partial charge in [0.2, 0.25) is 0 Å². The molecule has 0 aromatic rings. The average Bonchev–Trinajstić information content (AvgIpc) is 2.86. The topological polar surface area (TPSA) is 26.3 Å². The smallest absolute Gasteiger partial charge is 0.161 e. The van der Waals surface area contributed by atoms with Gasteiger partial charge in [-0.05, 0) is 19.3 Å². The van der Waals surface area contributed by atoms with E-state index in [0.717, 1.165) is 32.3 Å². The van der Waals surface area contributed by atoms with Crippen molar-refractivity contribution in [2.24, 2.45) is 0 Å². The number of unbranched alkanes of at least 4 members (excludes halogenated alkanes) is 7. The number of ether oxygens (including phenoxy) is 1. The number of carbonyl (C=O) groups is 1. The van der Waals surface area contributed by atoms with E-state index in [2.05, 4.69) is 6.92 Å². The summed E-state index contributed by atoms with van der Waals surface area (Å²) < 4.78 is 5.39. The summed E-state index contributed by atoms with van der Waals surface area (Å²) in [5.41, 5.74) is 0. The molecule has 1 unspecified atom stereocenters. The van der Waals surface area contributed by atoms with Crippen LogP contribution in [0.1, 0.15) is 77.6 Å². The molecule has 2 heteroatoms. The van der Waals surface area contributed by atoms with E-state index in [1.165, 1.54) is 44.9 Å². The minimum atomic E-state index is -0.0560. The molecule has 1 aliphatic heterocycles. The fourth-order valence-corrected chi connectivity index (χ4v) is 2.43. The first-order chi connectivity index (χ1) is 8.34. The first-order valence-corrected chi connectivity index (χ1v) is 7.49. The van der Waals surface area contributed by atoms with Crippen molar-refractivity contribution < 1.29 is 9.53 Å². The van der Waals surface area contributed by atoms with Crippen LogP contribution in [0.4, 0.5) is 0 Å². The van der Waals surface area contributed by atoms with Gasteiger partial charge >= 0.3 is 0 Å². The number of rotatable bonds is 10. The Hall–Kier alpha value is -0.370. The Balaban J connectivity index is 1.85. The Morgan fingerprint density at radius 1 is 1.06 bits per heavy atom. The van der Waals surface area contributed by atoms with Crippen molar-refractivity contribution >= 4 is 5.78 Å². The van der Waals surface area contributed by atoms with Gasteiger partial charge in [-0.2, -0.15) is 0 Å². The molecular formula is C15H28O2. The maximum absolute atomic E-state index is 11.7. The zero-order valence-electron chi connectivity index (χ0n) is 11.4. The third kappa shape index (κ3) is 6.82. The maximum atomic E-state index is 11.7. The van der Waals surface area contributed by atoms with Gasteiger partial charge in [0.1, 0.15) is 6.10 Å². The lowest BCUT2D eigenvalue weighted by Gasteiger charge is -2.07. The van der Waals surface area contributed by atoms with Gasteiger partial charge in [-0.3, -0.25) is 4.79 Å². The predicted octanol–water partition coefficient (Wildman–Crippen LogP) is 4.27. The Morgan fingerprint density at radius 3 is 2.29 bits per heavy atom. The molecule has 1 aliphatic rings. The van der Waals surface area contributed by atoms with E-state index in [1.54, 1.807) is 0 Å². The van der Waals surface area contributed by atoms with Crippen LogP contribution >= 0.6 is 0 Å². The molecule has 0 radical (unpaired) electrons. The van der Waals surface area contributed by atoms with E-state index in [9.17, 15) is 4.79 Å². The quantitative estimate of drug-likeness (QED) is 0.533. The van der Waals surface area contributed by atoms with E-state index in [4.69, 9.17) is 4.74 Å². The van der Waals surface area contributed by atoms with E-state index < -0.39 is 0 Å². The SMILES string of the molecule is CCCCCCCCCCC(=O)C1CCCO1. The summed E-state index contributed by atoms with van der Waals surface area (Å²) in [5, 5.41) is 0. The number of hydrogen-bond acceptors (Lipinski definition) is 2. The molecule has 1 saturated heterocycles. The van der Waals surface area contributed by atoms with Crippen LogP contribution in [0.2, 0.25) is 0 Å². The molecule has 0 N–H and O–H groups in total. The van der Waals surface area contributed by atoms with Gasteiger partial charge in [0.25, 0.3) is 0 Å². The van der Waals surface area contributed by atoms with Crippen molar-refractivity contribution in [3.8, 4) is 0 Å². The summed E-state index contributed by atoms with van der Waals surface area (Å²) in [6.45, 7) is 3.03. The summed E-state index contributed by atoms with van der Waals surface area (Å²) in [6.07, 6.45) is 13.0. The minimum absolute atomic E-state index is 0.0560. The minimum Gasteiger partial charge on any atom is -0.370 e. The third-order valence-electron chi connectivity index (χ3n) is 3.57. The van der Waals surface area contributed by atoms with Gasteiger partial charge in [0, 0.05) is 13.0 Å². The summed E-state index contributed by atoms with van der Waals surface area (Å²) in [6, 6.07) is 0. The van der Waals surface area contributed by atoms with Crippen LogP contribution in [0.3, 0.4) is 0 Å². The molecule has 0 aliphatic carbocycles. The lowest BCUT2D eigenvalue weighted by Crippen LogP contribution is -2.18. The Kier molecular flexibility index (Phi) is 8.33. The van der Waals surface area contributed by atoms with Gasteiger partial charge in [0.15, 0.2) is 5.78 Å². The molecule has 0 saturated carbocycles. The molecule has 2 nitrogen and oxygen atoms in total. The molecule has 1 fully saturated rings. The molecular weight excluding hydrogens is 212 g/mol. The van der Waals surface area contributed by atoms with Crippen LogP contribution in [-0.4, -0.2) is 18.5 Å². The van der Waals surface area contributed by atoms with E-state index >= 15 is 0 Å². The standard InChI is InChI=1S/C15H28O2/c1-2-3-4-5-6-7-8-9-11-14(16)15-12-10-13-17-15/h15H,2-13H2,1H3. The Labute approximate surface area is 106 Å². The largest absolute Gasteiger partial charge is 0.370 e. The molecule has 1 atom stereocenters. The highest BCUT2D eigenvalue weighted by atomic mass is 16.5. The van der Waals surface area contributed by atoms with Crippen LogP contribution in [0, 0.1) is 0 Å². The van der Waals surface area contributed by atoms with E-state index in [-0.39, 0.29) is 6.10 Å². The fraction of sp³-hybridized carbons (Fsp3) is 0.933. The van der Waals surface area contributed by atoms with Crippen molar-refractivity contribution in [3.05, 3.63) is 0 Å². The number of carbonyl (C=O) groups excluding carboxylic acids is 1. The highest BCUT2D eigenvalue weighted by Crippen LogP contribution is 2.16. The van der Waals surface area contributed by atoms with Crippen molar-refractivity contribution in [1.82, 2.24) is 0 Å². The number of Topliss-reactive ketones (excluding diaryl/α,β-unsaturated/α-hetero) is 1. The van der Waals surface area contributed by atoms with Crippen molar-refractivity contribution in [3.63, 3.8) is 0 Å². The molecule has 0 amide bonds. The molecule has 100 valence electrons. The van der Waals surface area contributed by atoms with Gasteiger partial charge in [-0.1, -0.05) is 51.9 Å². The van der Waals surface area contributed by atoms with E-state index in [1.807, 2.05) is 0 Å². The number of ketones is 1. The first-order valence-electron chi connectivity index (χ1n) is 7.49. The highest BCUT2D eigenvalue weighted by Gasteiger charge is 2.22. The molecule has 0 aromatic heterocycles. The highest BCUT2D eigenvalue weighted by molar-refractivity contribution is 5.83. The predicted molar refractivity (Wildman–Crippen MR) is 71.2 cm³/mol. The molecule has 17 heavy (non-hydrogen) atoms. The maximum Gasteiger partial charge on any atom is 0.161 e. The third-order valence-corrected chi connectivity index (χ3v) is 3.57. The van der Waals surface area contributed by atoms with Crippen LogP contribution in [0.15, 0.2) is 0 Å².